The van der Waals surface area contributed by atoms with Crippen LogP contribution in [0.25, 0.3) is 11.0 Å². The molecule has 1 aliphatic heterocycles. The molecular weight excluding hydrogens is 364 g/mol. The predicted octanol–water partition coefficient (Wildman–Crippen LogP) is 3.91. The van der Waals surface area contributed by atoms with Crippen LogP contribution >= 0.6 is 0 Å². The zero-order valence-corrected chi connectivity index (χ0v) is 16.8. The largest absolute Gasteiger partial charge is 0.379 e. The fourth-order valence-corrected chi connectivity index (χ4v) is 4.33. The SMILES string of the molecule is c1cc(Nc2ncc3cnn(C4CCCCC4)c3n2)ccc1CN1CCOCC1. The third kappa shape index (κ3) is 4.26. The zero-order chi connectivity index (χ0) is 19.5. The number of rotatable bonds is 5. The first-order valence-electron chi connectivity index (χ1n) is 10.7. The first-order valence-corrected chi connectivity index (χ1v) is 10.7. The molecule has 152 valence electrons. The van der Waals surface area contributed by atoms with Crippen molar-refractivity contribution in [3.8, 4) is 0 Å². The molecule has 5 rings (SSSR count). The molecule has 0 unspecified atom stereocenters. The predicted molar refractivity (Wildman–Crippen MR) is 113 cm³/mol. The number of nitrogens with zero attached hydrogens (tertiary/aromatic N) is 5. The van der Waals surface area contributed by atoms with Gasteiger partial charge in [-0.2, -0.15) is 10.1 Å². The summed E-state index contributed by atoms with van der Waals surface area (Å²) >= 11 is 0. The van der Waals surface area contributed by atoms with Gasteiger partial charge in [0.05, 0.1) is 30.8 Å². The lowest BCUT2D eigenvalue weighted by Gasteiger charge is -2.26. The van der Waals surface area contributed by atoms with E-state index in [1.807, 2.05) is 12.4 Å². The van der Waals surface area contributed by atoms with E-state index in [4.69, 9.17) is 9.72 Å². The normalized spacial score (nSPS) is 18.9. The molecule has 0 amide bonds. The van der Waals surface area contributed by atoms with Crippen LogP contribution in [0.4, 0.5) is 11.6 Å². The van der Waals surface area contributed by atoms with Gasteiger partial charge in [0, 0.05) is 31.5 Å². The van der Waals surface area contributed by atoms with Gasteiger partial charge in [-0.05, 0) is 30.5 Å². The van der Waals surface area contributed by atoms with Crippen LogP contribution in [0.3, 0.4) is 0 Å². The van der Waals surface area contributed by atoms with E-state index in [1.54, 1.807) is 0 Å². The number of morpholine rings is 1. The number of aromatic nitrogens is 4. The van der Waals surface area contributed by atoms with Crippen molar-refractivity contribution in [2.75, 3.05) is 31.6 Å². The molecule has 1 N–H and O–H groups in total. The first kappa shape index (κ1) is 18.5. The summed E-state index contributed by atoms with van der Waals surface area (Å²) in [6.45, 7) is 4.63. The second kappa shape index (κ2) is 8.47. The van der Waals surface area contributed by atoms with Crippen molar-refractivity contribution in [2.24, 2.45) is 0 Å². The summed E-state index contributed by atoms with van der Waals surface area (Å²) in [7, 11) is 0. The van der Waals surface area contributed by atoms with E-state index in [0.29, 0.717) is 12.0 Å². The van der Waals surface area contributed by atoms with E-state index >= 15 is 0 Å². The number of anilines is 2. The van der Waals surface area contributed by atoms with Crippen LogP contribution in [0.15, 0.2) is 36.7 Å². The van der Waals surface area contributed by atoms with Gasteiger partial charge in [-0.15, -0.1) is 0 Å². The number of hydrogen-bond donors (Lipinski definition) is 1. The zero-order valence-electron chi connectivity index (χ0n) is 16.8. The third-order valence-electron chi connectivity index (χ3n) is 5.97. The molecule has 3 heterocycles. The molecule has 2 aromatic heterocycles. The minimum absolute atomic E-state index is 0.462. The molecule has 3 aromatic rings. The number of fused-ring (bicyclic) bond motifs is 1. The van der Waals surface area contributed by atoms with Crippen LogP contribution in [0.5, 0.6) is 0 Å². The van der Waals surface area contributed by atoms with E-state index < -0.39 is 0 Å². The van der Waals surface area contributed by atoms with Gasteiger partial charge in [0.2, 0.25) is 5.95 Å². The summed E-state index contributed by atoms with van der Waals surface area (Å²) < 4.78 is 7.53. The Morgan fingerprint density at radius 3 is 2.59 bits per heavy atom. The highest BCUT2D eigenvalue weighted by Gasteiger charge is 2.19. The van der Waals surface area contributed by atoms with E-state index in [-0.39, 0.29) is 0 Å². The van der Waals surface area contributed by atoms with E-state index in [1.165, 1.54) is 37.7 Å². The maximum Gasteiger partial charge on any atom is 0.229 e. The summed E-state index contributed by atoms with van der Waals surface area (Å²) in [5.74, 6) is 0.621. The van der Waals surface area contributed by atoms with Gasteiger partial charge in [-0.3, -0.25) is 4.90 Å². The summed E-state index contributed by atoms with van der Waals surface area (Å²) in [6.07, 6.45) is 10.0. The lowest BCUT2D eigenvalue weighted by atomic mass is 9.96. The average Bonchev–Trinajstić information content (AvgIpc) is 3.20. The second-order valence-corrected chi connectivity index (χ2v) is 8.06. The van der Waals surface area contributed by atoms with E-state index in [9.17, 15) is 0 Å². The van der Waals surface area contributed by atoms with Crippen molar-refractivity contribution in [3.05, 3.63) is 42.2 Å². The fraction of sp³-hybridized carbons (Fsp3) is 0.500. The maximum absolute atomic E-state index is 5.42. The Kier molecular flexibility index (Phi) is 5.41. The summed E-state index contributed by atoms with van der Waals surface area (Å²) in [4.78, 5) is 11.7. The molecule has 0 atom stereocenters. The highest BCUT2D eigenvalue weighted by atomic mass is 16.5. The fourth-order valence-electron chi connectivity index (χ4n) is 4.33. The van der Waals surface area contributed by atoms with Gasteiger partial charge in [0.1, 0.15) is 0 Å². The van der Waals surface area contributed by atoms with Crippen molar-refractivity contribution in [3.63, 3.8) is 0 Å². The highest BCUT2D eigenvalue weighted by Crippen LogP contribution is 2.30. The Bertz CT molecular complexity index is 942. The molecule has 2 aliphatic rings. The van der Waals surface area contributed by atoms with Crippen molar-refractivity contribution < 1.29 is 4.74 Å². The molecule has 0 bridgehead atoms. The minimum Gasteiger partial charge on any atom is -0.379 e. The first-order chi connectivity index (χ1) is 14.3. The standard InChI is InChI=1S/C22H28N6O/c1-2-4-20(5-3-1)28-21-18(15-24-28)14-23-22(26-21)25-19-8-6-17(7-9-19)16-27-10-12-29-13-11-27/h6-9,14-15,20H,1-5,10-13,16H2,(H,23,25,26). The van der Waals surface area contributed by atoms with Crippen molar-refractivity contribution in [1.82, 2.24) is 24.6 Å². The van der Waals surface area contributed by atoms with E-state index in [2.05, 4.69) is 49.2 Å². The third-order valence-corrected chi connectivity index (χ3v) is 5.97. The van der Waals surface area contributed by atoms with Gasteiger partial charge in [0.15, 0.2) is 5.65 Å². The lowest BCUT2D eigenvalue weighted by molar-refractivity contribution is 0.0342. The molecule has 2 fully saturated rings. The summed E-state index contributed by atoms with van der Waals surface area (Å²) in [5.41, 5.74) is 3.24. The van der Waals surface area contributed by atoms with Crippen LogP contribution in [-0.4, -0.2) is 51.0 Å². The maximum atomic E-state index is 5.42. The minimum atomic E-state index is 0.462. The Labute approximate surface area is 171 Å². The average molecular weight is 393 g/mol. The molecule has 1 aliphatic carbocycles. The lowest BCUT2D eigenvalue weighted by Crippen LogP contribution is -2.35. The van der Waals surface area contributed by atoms with Crippen molar-refractivity contribution in [1.29, 1.82) is 0 Å². The van der Waals surface area contributed by atoms with Gasteiger partial charge in [-0.25, -0.2) is 9.67 Å². The highest BCUT2D eigenvalue weighted by molar-refractivity contribution is 5.75. The van der Waals surface area contributed by atoms with Gasteiger partial charge in [0.25, 0.3) is 0 Å². The smallest absolute Gasteiger partial charge is 0.229 e. The van der Waals surface area contributed by atoms with Crippen LogP contribution in [0.1, 0.15) is 43.7 Å². The number of hydrogen-bond acceptors (Lipinski definition) is 6. The molecule has 29 heavy (non-hydrogen) atoms. The molecule has 1 saturated heterocycles. The quantitative estimate of drug-likeness (QED) is 0.710. The topological polar surface area (TPSA) is 68.1 Å². The van der Waals surface area contributed by atoms with Crippen molar-refractivity contribution >= 4 is 22.7 Å². The second-order valence-electron chi connectivity index (χ2n) is 8.06. The monoisotopic (exact) mass is 392 g/mol. The number of ether oxygens (including phenoxy) is 1. The van der Waals surface area contributed by atoms with Crippen LogP contribution in [-0.2, 0) is 11.3 Å². The van der Waals surface area contributed by atoms with Gasteiger partial charge in [-0.1, -0.05) is 31.4 Å². The summed E-state index contributed by atoms with van der Waals surface area (Å²) in [6, 6.07) is 9.00. The van der Waals surface area contributed by atoms with Crippen LogP contribution in [0, 0.1) is 0 Å². The number of nitrogens with one attached hydrogen (secondary N) is 1. The molecule has 1 aromatic carbocycles. The Balaban J connectivity index is 1.29. The molecule has 0 spiro atoms. The van der Waals surface area contributed by atoms with Crippen LogP contribution in [0.2, 0.25) is 0 Å². The molecule has 7 heteroatoms. The molecule has 0 radical (unpaired) electrons. The number of benzene rings is 1. The molecule has 7 nitrogen and oxygen atoms in total. The molecular formula is C22H28N6O. The molecule has 1 saturated carbocycles. The Morgan fingerprint density at radius 1 is 1.00 bits per heavy atom. The van der Waals surface area contributed by atoms with Crippen molar-refractivity contribution in [2.45, 2.75) is 44.7 Å². The van der Waals surface area contributed by atoms with Crippen LogP contribution < -0.4 is 5.32 Å². The van der Waals surface area contributed by atoms with E-state index in [0.717, 1.165) is 49.6 Å². The van der Waals surface area contributed by atoms with Gasteiger partial charge < -0.3 is 10.1 Å². The summed E-state index contributed by atoms with van der Waals surface area (Å²) in [5, 5.41) is 8.96. The Hall–Kier alpha value is -2.51. The van der Waals surface area contributed by atoms with Gasteiger partial charge >= 0.3 is 0 Å². The Morgan fingerprint density at radius 2 is 1.79 bits per heavy atom.